The molecule has 0 spiro atoms. The second-order valence-corrected chi connectivity index (χ2v) is 9.29. The number of nitrogens with one attached hydrogen (secondary N) is 1. The van der Waals surface area contributed by atoms with E-state index in [4.69, 9.17) is 32.7 Å². The molecule has 2 aromatic rings. The summed E-state index contributed by atoms with van der Waals surface area (Å²) in [5, 5.41) is 3.83. The van der Waals surface area contributed by atoms with Gasteiger partial charge in [0.15, 0.2) is 0 Å². The van der Waals surface area contributed by atoms with Gasteiger partial charge in [0.2, 0.25) is 0 Å². The Labute approximate surface area is 194 Å². The van der Waals surface area contributed by atoms with Crippen molar-refractivity contribution >= 4 is 35.3 Å². The molecule has 2 aromatic carbocycles. The van der Waals surface area contributed by atoms with E-state index in [9.17, 15) is 9.59 Å². The van der Waals surface area contributed by atoms with Crippen LogP contribution >= 0.6 is 23.2 Å². The molecule has 0 bridgehead atoms. The Balaban J connectivity index is 2.35. The number of carbonyl (C=O) groups is 2. The van der Waals surface area contributed by atoms with E-state index in [2.05, 4.69) is 5.32 Å². The maximum atomic E-state index is 12.9. The van der Waals surface area contributed by atoms with Crippen LogP contribution in [0.5, 0.6) is 0 Å². The summed E-state index contributed by atoms with van der Waals surface area (Å²) < 4.78 is 10.7. The molecule has 0 aliphatic rings. The summed E-state index contributed by atoms with van der Waals surface area (Å²) >= 11 is 12.3. The average molecular weight is 466 g/mol. The van der Waals surface area contributed by atoms with Crippen LogP contribution in [-0.2, 0) is 19.7 Å². The normalized spacial score (nSPS) is 13.4. The van der Waals surface area contributed by atoms with Crippen LogP contribution in [0.2, 0.25) is 10.0 Å². The summed E-state index contributed by atoms with van der Waals surface area (Å²) in [5.41, 5.74) is 1.04. The lowest BCUT2D eigenvalue weighted by atomic mass is 9.76. The molecule has 31 heavy (non-hydrogen) atoms. The number of methoxy groups -OCH3 is 1. The lowest BCUT2D eigenvalue weighted by Gasteiger charge is -2.35. The minimum atomic E-state index is -0.794. The number of halogens is 2. The average Bonchev–Trinajstić information content (AvgIpc) is 2.71. The Morgan fingerprint density at radius 3 is 2.23 bits per heavy atom. The highest BCUT2D eigenvalue weighted by Crippen LogP contribution is 2.40. The lowest BCUT2D eigenvalue weighted by molar-refractivity contribution is -0.143. The lowest BCUT2D eigenvalue weighted by Crippen LogP contribution is -2.44. The highest BCUT2D eigenvalue weighted by Gasteiger charge is 2.37. The third-order valence-electron chi connectivity index (χ3n) is 5.11. The van der Waals surface area contributed by atoms with Gasteiger partial charge in [-0.2, -0.15) is 0 Å². The quantitative estimate of drug-likeness (QED) is 0.462. The van der Waals surface area contributed by atoms with Crippen molar-refractivity contribution in [2.75, 3.05) is 7.11 Å². The maximum Gasteiger partial charge on any atom is 0.408 e. The van der Waals surface area contributed by atoms with Crippen LogP contribution in [0.25, 0.3) is 0 Å². The maximum absolute atomic E-state index is 12.9. The number of benzene rings is 2. The molecule has 0 aromatic heterocycles. The van der Waals surface area contributed by atoms with Crippen molar-refractivity contribution in [3.8, 4) is 0 Å². The predicted octanol–water partition coefficient (Wildman–Crippen LogP) is 6.33. The molecule has 2 rings (SSSR count). The van der Waals surface area contributed by atoms with Gasteiger partial charge in [0.25, 0.3) is 0 Å². The van der Waals surface area contributed by atoms with E-state index in [1.807, 2.05) is 58.0 Å². The number of esters is 1. The minimum absolute atomic E-state index is 0.180. The summed E-state index contributed by atoms with van der Waals surface area (Å²) in [6.45, 7) is 7.86. The van der Waals surface area contributed by atoms with Crippen molar-refractivity contribution in [2.45, 2.75) is 51.7 Å². The van der Waals surface area contributed by atoms with E-state index < -0.39 is 29.6 Å². The SMILES string of the molecule is COC(=O)C(CC(C)C)NC(=O)OC(c1ccc(Cl)cc1)C(C)(C)c1cccc(Cl)c1. The van der Waals surface area contributed by atoms with Gasteiger partial charge in [-0.1, -0.05) is 75.2 Å². The first-order chi connectivity index (χ1) is 14.5. The number of hydrogen-bond acceptors (Lipinski definition) is 4. The van der Waals surface area contributed by atoms with E-state index in [1.165, 1.54) is 7.11 Å². The first-order valence-corrected chi connectivity index (χ1v) is 10.9. The molecular formula is C24H29Cl2NO4. The molecule has 1 amide bonds. The molecular weight excluding hydrogens is 437 g/mol. The Morgan fingerprint density at radius 1 is 1.03 bits per heavy atom. The Hall–Kier alpha value is -2.24. The van der Waals surface area contributed by atoms with Gasteiger partial charge in [-0.25, -0.2) is 9.59 Å². The summed E-state index contributed by atoms with van der Waals surface area (Å²) in [4.78, 5) is 25.0. The van der Waals surface area contributed by atoms with E-state index in [0.717, 1.165) is 11.1 Å². The summed E-state index contributed by atoms with van der Waals surface area (Å²) in [6, 6.07) is 13.8. The molecule has 0 aliphatic carbocycles. The summed E-state index contributed by atoms with van der Waals surface area (Å²) in [6.07, 6.45) is -0.933. The number of carbonyl (C=O) groups excluding carboxylic acids is 2. The Kier molecular flexibility index (Phi) is 8.78. The highest BCUT2D eigenvalue weighted by molar-refractivity contribution is 6.30. The number of ether oxygens (including phenoxy) is 2. The molecule has 2 atom stereocenters. The van der Waals surface area contributed by atoms with Gasteiger partial charge < -0.3 is 14.8 Å². The molecule has 5 nitrogen and oxygen atoms in total. The van der Waals surface area contributed by atoms with E-state index in [0.29, 0.717) is 16.5 Å². The summed E-state index contributed by atoms with van der Waals surface area (Å²) in [5.74, 6) is -0.331. The molecule has 0 aliphatic heterocycles. The minimum Gasteiger partial charge on any atom is -0.467 e. The van der Waals surface area contributed by atoms with E-state index in [1.54, 1.807) is 18.2 Å². The zero-order valence-corrected chi connectivity index (χ0v) is 20.0. The van der Waals surface area contributed by atoms with Gasteiger partial charge in [-0.3, -0.25) is 0 Å². The van der Waals surface area contributed by atoms with Crippen molar-refractivity contribution in [3.05, 3.63) is 69.7 Å². The van der Waals surface area contributed by atoms with Crippen molar-refractivity contribution < 1.29 is 19.1 Å². The van der Waals surface area contributed by atoms with Gasteiger partial charge in [0, 0.05) is 15.5 Å². The van der Waals surface area contributed by atoms with Gasteiger partial charge in [0.05, 0.1) is 7.11 Å². The fourth-order valence-electron chi connectivity index (χ4n) is 3.42. The van der Waals surface area contributed by atoms with E-state index in [-0.39, 0.29) is 5.92 Å². The molecule has 0 saturated heterocycles. The van der Waals surface area contributed by atoms with Gasteiger partial charge in [0.1, 0.15) is 12.1 Å². The zero-order valence-electron chi connectivity index (χ0n) is 18.4. The summed E-state index contributed by atoms with van der Waals surface area (Å²) in [7, 11) is 1.29. The second kappa shape index (κ2) is 10.9. The topological polar surface area (TPSA) is 64.6 Å². The van der Waals surface area contributed by atoms with Crippen molar-refractivity contribution in [1.29, 1.82) is 0 Å². The van der Waals surface area contributed by atoms with Crippen LogP contribution in [0.15, 0.2) is 48.5 Å². The number of rotatable bonds is 8. The molecule has 0 fully saturated rings. The monoisotopic (exact) mass is 465 g/mol. The van der Waals surface area contributed by atoms with Crippen LogP contribution < -0.4 is 5.32 Å². The third-order valence-corrected chi connectivity index (χ3v) is 5.59. The van der Waals surface area contributed by atoms with Gasteiger partial charge in [-0.05, 0) is 47.7 Å². The van der Waals surface area contributed by atoms with Crippen LogP contribution in [0, 0.1) is 5.92 Å². The van der Waals surface area contributed by atoms with Crippen molar-refractivity contribution in [3.63, 3.8) is 0 Å². The molecule has 1 N–H and O–H groups in total. The molecule has 7 heteroatoms. The first kappa shape index (κ1) is 25.0. The van der Waals surface area contributed by atoms with Gasteiger partial charge >= 0.3 is 12.1 Å². The molecule has 0 saturated carbocycles. The number of amides is 1. The van der Waals surface area contributed by atoms with Crippen LogP contribution in [0.1, 0.15) is 51.3 Å². The van der Waals surface area contributed by atoms with Gasteiger partial charge in [-0.15, -0.1) is 0 Å². The third kappa shape index (κ3) is 6.88. The zero-order chi connectivity index (χ0) is 23.2. The van der Waals surface area contributed by atoms with Crippen LogP contribution in [-0.4, -0.2) is 25.2 Å². The highest BCUT2D eigenvalue weighted by atomic mass is 35.5. The molecule has 168 valence electrons. The molecule has 0 heterocycles. The Bertz CT molecular complexity index is 897. The van der Waals surface area contributed by atoms with Crippen molar-refractivity contribution in [2.24, 2.45) is 5.92 Å². The number of alkyl carbamates (subject to hydrolysis) is 1. The fourth-order valence-corrected chi connectivity index (χ4v) is 3.74. The predicted molar refractivity (Wildman–Crippen MR) is 124 cm³/mol. The second-order valence-electron chi connectivity index (χ2n) is 8.42. The number of hydrogen-bond donors (Lipinski definition) is 1. The van der Waals surface area contributed by atoms with Crippen molar-refractivity contribution in [1.82, 2.24) is 5.32 Å². The molecule has 0 radical (unpaired) electrons. The van der Waals surface area contributed by atoms with Crippen LogP contribution in [0.3, 0.4) is 0 Å². The van der Waals surface area contributed by atoms with E-state index >= 15 is 0 Å². The first-order valence-electron chi connectivity index (χ1n) is 10.1. The smallest absolute Gasteiger partial charge is 0.408 e. The Morgan fingerprint density at radius 2 is 1.68 bits per heavy atom. The largest absolute Gasteiger partial charge is 0.467 e. The standard InChI is InChI=1S/C24H29Cl2NO4/c1-15(2)13-20(22(28)30-5)27-23(29)31-21(16-9-11-18(25)12-10-16)24(3,4)17-7-6-8-19(26)14-17/h6-12,14-15,20-21H,13H2,1-5H3,(H,27,29). The van der Waals surface area contributed by atoms with Crippen LogP contribution in [0.4, 0.5) is 4.79 Å². The fraction of sp³-hybridized carbons (Fsp3) is 0.417. The molecule has 2 unspecified atom stereocenters.